The molecule has 0 atom stereocenters. The van der Waals surface area contributed by atoms with E-state index in [0.29, 0.717) is 22.3 Å². The number of benzene rings is 1. The van der Waals surface area contributed by atoms with Gasteiger partial charge in [0, 0.05) is 21.9 Å². The molecule has 3 aromatic rings. The maximum Gasteiger partial charge on any atom is 0.259 e. The van der Waals surface area contributed by atoms with Crippen molar-refractivity contribution in [1.29, 1.82) is 0 Å². The van der Waals surface area contributed by atoms with Crippen molar-refractivity contribution in [3.05, 3.63) is 63.9 Å². The molecule has 1 saturated carbocycles. The molecule has 28 heavy (non-hydrogen) atoms. The van der Waals surface area contributed by atoms with Gasteiger partial charge in [0.05, 0.1) is 23.3 Å². The first-order chi connectivity index (χ1) is 13.5. The quantitative estimate of drug-likeness (QED) is 0.272. The van der Waals surface area contributed by atoms with Crippen LogP contribution in [0.5, 0.6) is 0 Å². The molecule has 4 rings (SSSR count). The van der Waals surface area contributed by atoms with Crippen LogP contribution in [0.25, 0.3) is 5.52 Å². The maximum absolute atomic E-state index is 12.8. The van der Waals surface area contributed by atoms with Gasteiger partial charge in [-0.05, 0) is 48.8 Å². The Labute approximate surface area is 169 Å². The van der Waals surface area contributed by atoms with Crippen LogP contribution in [0.3, 0.4) is 0 Å². The molecule has 0 bridgehead atoms. The average Bonchev–Trinajstić information content (AvgIpc) is 3.40. The fourth-order valence-electron chi connectivity index (χ4n) is 2.63. The van der Waals surface area contributed by atoms with E-state index in [0.717, 1.165) is 22.9 Å². The largest absolute Gasteiger partial charge is 0.382 e. The molecule has 9 heteroatoms. The molecule has 1 aliphatic carbocycles. The van der Waals surface area contributed by atoms with Crippen LogP contribution in [0.1, 0.15) is 34.3 Å². The fraction of sp³-hybridized carbons (Fsp3) is 0.211. The van der Waals surface area contributed by atoms with Crippen molar-refractivity contribution >= 4 is 38.9 Å². The van der Waals surface area contributed by atoms with E-state index >= 15 is 0 Å². The normalized spacial score (nSPS) is 14.7. The summed E-state index contributed by atoms with van der Waals surface area (Å²) in [7, 11) is 0. The lowest BCUT2D eigenvalue weighted by molar-refractivity contribution is 0.102. The van der Waals surface area contributed by atoms with Crippen molar-refractivity contribution in [3.63, 3.8) is 0 Å². The van der Waals surface area contributed by atoms with Gasteiger partial charge in [-0.25, -0.2) is 4.52 Å². The third-order valence-corrected chi connectivity index (χ3v) is 4.92. The summed E-state index contributed by atoms with van der Waals surface area (Å²) in [4.78, 5) is 12.8. The number of aryl methyl sites for hydroxylation is 1. The number of nitrogens with two attached hydrogens (primary N) is 1. The number of fused-ring (bicyclic) bond motifs is 1. The van der Waals surface area contributed by atoms with Gasteiger partial charge in [-0.15, -0.1) is 5.10 Å². The molecule has 0 radical (unpaired) electrons. The molecule has 1 fully saturated rings. The van der Waals surface area contributed by atoms with Crippen molar-refractivity contribution in [2.45, 2.75) is 25.8 Å². The van der Waals surface area contributed by atoms with E-state index in [-0.39, 0.29) is 17.8 Å². The highest BCUT2D eigenvalue weighted by Crippen LogP contribution is 2.24. The molecule has 2 aromatic heterocycles. The van der Waals surface area contributed by atoms with E-state index in [1.54, 1.807) is 23.0 Å². The standard InChI is InChI=1S/C19H18BrN7O/c1-11-2-3-12(18(21)25-26-24-14-4-5-14)8-16(11)23-19(28)15-10-22-27-7-6-13(20)9-17(15)27/h2-3,6-10,14H,4-5H2,1H3,(H,23,28)(H2,21,24,25). The van der Waals surface area contributed by atoms with E-state index in [9.17, 15) is 4.79 Å². The number of amides is 1. The molecule has 3 N–H and O–H groups in total. The van der Waals surface area contributed by atoms with Crippen molar-refractivity contribution in [1.82, 2.24) is 9.61 Å². The second-order valence-electron chi connectivity index (χ2n) is 6.64. The van der Waals surface area contributed by atoms with Gasteiger partial charge in [0.25, 0.3) is 5.91 Å². The number of aromatic nitrogens is 2. The molecule has 8 nitrogen and oxygen atoms in total. The van der Waals surface area contributed by atoms with Gasteiger partial charge < -0.3 is 11.1 Å². The third-order valence-electron chi connectivity index (χ3n) is 4.42. The summed E-state index contributed by atoms with van der Waals surface area (Å²) in [5, 5.41) is 18.9. The van der Waals surface area contributed by atoms with E-state index in [1.807, 2.05) is 31.2 Å². The van der Waals surface area contributed by atoms with Crippen molar-refractivity contribution in [2.75, 3.05) is 5.32 Å². The lowest BCUT2D eigenvalue weighted by Crippen LogP contribution is -2.16. The minimum atomic E-state index is -0.253. The number of rotatable bonds is 5. The number of pyridine rings is 1. The Kier molecular flexibility index (Phi) is 4.91. The number of nitrogens with zero attached hydrogens (tertiary/aromatic N) is 5. The summed E-state index contributed by atoms with van der Waals surface area (Å²) in [5.74, 6) is -0.00269. The lowest BCUT2D eigenvalue weighted by Gasteiger charge is -2.10. The molecule has 1 aliphatic rings. The maximum atomic E-state index is 12.8. The molecular weight excluding hydrogens is 422 g/mol. The number of hydrogen-bond acceptors (Lipinski definition) is 4. The zero-order valence-corrected chi connectivity index (χ0v) is 16.7. The molecule has 1 aromatic carbocycles. The van der Waals surface area contributed by atoms with Gasteiger partial charge in [-0.1, -0.05) is 28.1 Å². The summed E-state index contributed by atoms with van der Waals surface area (Å²) in [6.45, 7) is 1.91. The van der Waals surface area contributed by atoms with Crippen molar-refractivity contribution in [2.24, 2.45) is 21.2 Å². The highest BCUT2D eigenvalue weighted by Gasteiger charge is 2.20. The van der Waals surface area contributed by atoms with Gasteiger partial charge in [0.15, 0.2) is 5.84 Å². The van der Waals surface area contributed by atoms with E-state index in [4.69, 9.17) is 5.73 Å². The van der Waals surface area contributed by atoms with Crippen LogP contribution in [0.2, 0.25) is 0 Å². The highest BCUT2D eigenvalue weighted by molar-refractivity contribution is 9.10. The SMILES string of the molecule is Cc1ccc(/C(N)=N/N=NC2CC2)cc1NC(=O)c1cnn2ccc(Br)cc12. The van der Waals surface area contributed by atoms with Crippen LogP contribution >= 0.6 is 15.9 Å². The summed E-state index contributed by atoms with van der Waals surface area (Å²) < 4.78 is 2.52. The molecule has 0 unspecified atom stereocenters. The first-order valence-electron chi connectivity index (χ1n) is 8.80. The topological polar surface area (TPSA) is 109 Å². The van der Waals surface area contributed by atoms with Crippen LogP contribution in [0, 0.1) is 6.92 Å². The average molecular weight is 440 g/mol. The van der Waals surface area contributed by atoms with Crippen LogP contribution in [0.4, 0.5) is 5.69 Å². The molecule has 2 heterocycles. The Morgan fingerprint density at radius 1 is 1.32 bits per heavy atom. The molecular formula is C19H18BrN7O. The van der Waals surface area contributed by atoms with Crippen LogP contribution in [-0.2, 0) is 0 Å². The minimum absolute atomic E-state index is 0.250. The number of amidine groups is 1. The predicted octanol–water partition coefficient (Wildman–Crippen LogP) is 3.89. The van der Waals surface area contributed by atoms with Gasteiger partial charge in [0.1, 0.15) is 0 Å². The second-order valence-corrected chi connectivity index (χ2v) is 7.55. The Morgan fingerprint density at radius 3 is 2.93 bits per heavy atom. The van der Waals surface area contributed by atoms with Gasteiger partial charge in [0.2, 0.25) is 0 Å². The molecule has 1 amide bonds. The zero-order chi connectivity index (χ0) is 19.7. The van der Waals surface area contributed by atoms with Crippen molar-refractivity contribution < 1.29 is 4.79 Å². The Balaban J connectivity index is 1.58. The van der Waals surface area contributed by atoms with Gasteiger partial charge in [-0.3, -0.25) is 4.79 Å². The lowest BCUT2D eigenvalue weighted by atomic mass is 10.1. The van der Waals surface area contributed by atoms with Crippen LogP contribution in [-0.4, -0.2) is 27.4 Å². The third kappa shape index (κ3) is 3.94. The summed E-state index contributed by atoms with van der Waals surface area (Å²) >= 11 is 3.42. The summed E-state index contributed by atoms with van der Waals surface area (Å²) in [6, 6.07) is 9.48. The molecule has 0 saturated heterocycles. The van der Waals surface area contributed by atoms with E-state index in [2.05, 4.69) is 41.8 Å². The number of carbonyl (C=O) groups is 1. The number of carbonyl (C=O) groups excluding carboxylic acids is 1. The first kappa shape index (κ1) is 18.3. The first-order valence-corrected chi connectivity index (χ1v) is 9.59. The second kappa shape index (κ2) is 7.51. The van der Waals surface area contributed by atoms with Gasteiger partial charge >= 0.3 is 0 Å². The molecule has 142 valence electrons. The Hall–Kier alpha value is -3.07. The molecule has 0 spiro atoms. The van der Waals surface area contributed by atoms with Crippen LogP contribution in [0.15, 0.2) is 62.6 Å². The van der Waals surface area contributed by atoms with E-state index in [1.165, 1.54) is 0 Å². The van der Waals surface area contributed by atoms with Crippen LogP contribution < -0.4 is 11.1 Å². The number of anilines is 1. The monoisotopic (exact) mass is 439 g/mol. The Morgan fingerprint density at radius 2 is 2.14 bits per heavy atom. The molecule has 0 aliphatic heterocycles. The van der Waals surface area contributed by atoms with Gasteiger partial charge in [-0.2, -0.15) is 10.2 Å². The number of hydrogen-bond donors (Lipinski definition) is 2. The van der Waals surface area contributed by atoms with E-state index < -0.39 is 0 Å². The number of nitrogens with one attached hydrogen (secondary N) is 1. The smallest absolute Gasteiger partial charge is 0.259 e. The summed E-state index contributed by atoms with van der Waals surface area (Å²) in [6.07, 6.45) is 5.44. The Bertz CT molecular complexity index is 1110. The fourth-order valence-corrected chi connectivity index (χ4v) is 2.97. The zero-order valence-electron chi connectivity index (χ0n) is 15.1. The summed E-state index contributed by atoms with van der Waals surface area (Å²) in [5.41, 5.74) is 9.41. The van der Waals surface area contributed by atoms with Crippen molar-refractivity contribution in [3.8, 4) is 0 Å². The minimum Gasteiger partial charge on any atom is -0.382 e. The number of halogens is 1. The highest BCUT2D eigenvalue weighted by atomic mass is 79.9. The predicted molar refractivity (Wildman–Crippen MR) is 111 cm³/mol.